The Morgan fingerprint density at radius 1 is 1.04 bits per heavy atom. The highest BCUT2D eigenvalue weighted by atomic mass is 32.2. The second kappa shape index (κ2) is 12.6. The van der Waals surface area contributed by atoms with Gasteiger partial charge in [0.25, 0.3) is 10.1 Å². The highest BCUT2D eigenvalue weighted by Crippen LogP contribution is 2.24. The van der Waals surface area contributed by atoms with Gasteiger partial charge in [-0.25, -0.2) is 22.0 Å². The van der Waals surface area contributed by atoms with Gasteiger partial charge in [0, 0.05) is 6.54 Å². The van der Waals surface area contributed by atoms with Crippen LogP contribution in [-0.2, 0) is 10.1 Å². The van der Waals surface area contributed by atoms with Gasteiger partial charge in [-0.15, -0.1) is 6.58 Å². The molecule has 0 aromatic carbocycles. The first kappa shape index (κ1) is 24.4. The predicted molar refractivity (Wildman–Crippen MR) is 75.4 cm³/mol. The topological polar surface area (TPSA) is 80.4 Å². The molecule has 0 aromatic rings. The molecule has 0 radical (unpaired) electrons. The molecular formula is C12H21F6NO3S. The molecule has 23 heavy (non-hydrogen) atoms. The minimum absolute atomic E-state index is 0.407. The summed E-state index contributed by atoms with van der Waals surface area (Å²) in [6.45, 7) is 2.96. The number of nitrogens with two attached hydrogens (primary N) is 1. The molecule has 5 unspecified atom stereocenters. The molecule has 0 fully saturated rings. The summed E-state index contributed by atoms with van der Waals surface area (Å²) in [6, 6.07) is 0. The third kappa shape index (κ3) is 12.3. The zero-order valence-corrected chi connectivity index (χ0v) is 13.0. The predicted octanol–water partition coefficient (Wildman–Crippen LogP) is 2.45. The molecule has 0 aliphatic rings. The van der Waals surface area contributed by atoms with Gasteiger partial charge in [-0.05, 0) is 12.8 Å². The van der Waals surface area contributed by atoms with Crippen molar-refractivity contribution in [2.45, 2.75) is 43.7 Å². The summed E-state index contributed by atoms with van der Waals surface area (Å²) in [5.74, 6) is -1.76. The van der Waals surface area contributed by atoms with Crippen molar-refractivity contribution in [2.75, 3.05) is 19.0 Å². The number of hydrogen-bond acceptors (Lipinski definition) is 3. The number of alkyl halides is 6. The molecule has 0 heterocycles. The van der Waals surface area contributed by atoms with Crippen LogP contribution in [-0.4, -0.2) is 62.8 Å². The van der Waals surface area contributed by atoms with E-state index in [1.54, 1.807) is 6.08 Å². The molecule has 11 heteroatoms. The average molecular weight is 373 g/mol. The second-order valence-corrected chi connectivity index (χ2v) is 5.97. The molecule has 0 aliphatic carbocycles. The van der Waals surface area contributed by atoms with Crippen molar-refractivity contribution in [3.63, 3.8) is 0 Å². The van der Waals surface area contributed by atoms with E-state index in [0.717, 1.165) is 0 Å². The summed E-state index contributed by atoms with van der Waals surface area (Å²) < 4.78 is 105. The molecule has 140 valence electrons. The lowest BCUT2D eigenvalue weighted by atomic mass is 10.0. The third-order valence-corrected chi connectivity index (χ3v) is 3.19. The smallest absolute Gasteiger partial charge is 0.267 e. The molecule has 0 saturated heterocycles. The molecule has 0 saturated carbocycles. The van der Waals surface area contributed by atoms with Crippen molar-refractivity contribution in [3.05, 3.63) is 12.7 Å². The van der Waals surface area contributed by atoms with Crippen LogP contribution >= 0.6 is 0 Å². The van der Waals surface area contributed by atoms with Gasteiger partial charge in [-0.3, -0.25) is 8.94 Å². The van der Waals surface area contributed by atoms with Crippen molar-refractivity contribution in [1.82, 2.24) is 0 Å². The van der Waals surface area contributed by atoms with Crippen LogP contribution in [0, 0.1) is 0 Å². The van der Waals surface area contributed by atoms with E-state index in [4.69, 9.17) is 10.3 Å². The lowest BCUT2D eigenvalue weighted by Crippen LogP contribution is -2.41. The van der Waals surface area contributed by atoms with Crippen molar-refractivity contribution >= 4 is 10.1 Å². The maximum absolute atomic E-state index is 13.1. The maximum Gasteiger partial charge on any atom is 0.267 e. The van der Waals surface area contributed by atoms with Gasteiger partial charge in [-0.2, -0.15) is 8.42 Å². The van der Waals surface area contributed by atoms with E-state index in [-0.39, 0.29) is 0 Å². The van der Waals surface area contributed by atoms with Crippen LogP contribution in [0.3, 0.4) is 0 Å². The molecular weight excluding hydrogens is 352 g/mol. The monoisotopic (exact) mass is 373 g/mol. The normalized spacial score (nSPS) is 18.1. The Balaban J connectivity index is 0. The largest absolute Gasteiger partial charge is 0.327 e. The van der Waals surface area contributed by atoms with Crippen molar-refractivity contribution in [3.8, 4) is 0 Å². The zero-order valence-electron chi connectivity index (χ0n) is 12.2. The van der Waals surface area contributed by atoms with E-state index in [9.17, 15) is 34.8 Å². The Kier molecular flexibility index (Phi) is 13.4. The Morgan fingerprint density at radius 3 is 1.83 bits per heavy atom. The minimum Gasteiger partial charge on any atom is -0.327 e. The summed E-state index contributed by atoms with van der Waals surface area (Å²) in [6.07, 6.45) is -14.6. The fourth-order valence-corrected chi connectivity index (χ4v) is 1.89. The minimum atomic E-state index is -4.91. The van der Waals surface area contributed by atoms with E-state index in [0.29, 0.717) is 6.54 Å². The first-order chi connectivity index (χ1) is 10.5. The third-order valence-electron chi connectivity index (χ3n) is 2.45. The second-order valence-electron chi connectivity index (χ2n) is 4.47. The molecule has 0 spiro atoms. The summed E-state index contributed by atoms with van der Waals surface area (Å²) in [5.41, 5.74) is 4.91. The zero-order chi connectivity index (χ0) is 18.6. The van der Waals surface area contributed by atoms with Crippen LogP contribution in [0.1, 0.15) is 12.8 Å². The van der Waals surface area contributed by atoms with Gasteiger partial charge in [0.05, 0.1) is 6.67 Å². The fourth-order valence-electron chi connectivity index (χ4n) is 1.30. The van der Waals surface area contributed by atoms with Gasteiger partial charge in [0.15, 0.2) is 24.7 Å². The lowest BCUT2D eigenvalue weighted by molar-refractivity contribution is 0.00326. The first-order valence-corrected chi connectivity index (χ1v) is 8.15. The van der Waals surface area contributed by atoms with Crippen molar-refractivity contribution in [1.29, 1.82) is 0 Å². The Labute approximate surface area is 131 Å². The van der Waals surface area contributed by atoms with Crippen LogP contribution in [0.5, 0.6) is 0 Å². The molecule has 0 aliphatic heterocycles. The van der Waals surface area contributed by atoms with E-state index < -0.39 is 66.2 Å². The van der Waals surface area contributed by atoms with E-state index >= 15 is 0 Å². The fraction of sp³-hybridized carbons (Fsp3) is 0.833. The average Bonchev–Trinajstić information content (AvgIpc) is 2.48. The van der Waals surface area contributed by atoms with Crippen molar-refractivity contribution < 1.29 is 39.3 Å². The maximum atomic E-state index is 13.1. The summed E-state index contributed by atoms with van der Waals surface area (Å²) >= 11 is 0. The van der Waals surface area contributed by atoms with E-state index in [1.807, 2.05) is 0 Å². The van der Waals surface area contributed by atoms with Crippen LogP contribution in [0.15, 0.2) is 12.7 Å². The number of hydrogen-bond donors (Lipinski definition) is 2. The van der Waals surface area contributed by atoms with Crippen LogP contribution < -0.4 is 5.73 Å². The number of rotatable bonds is 10. The summed E-state index contributed by atoms with van der Waals surface area (Å²) in [4.78, 5) is 0. The van der Waals surface area contributed by atoms with Crippen LogP contribution in [0.4, 0.5) is 26.3 Å². The molecule has 0 bridgehead atoms. The molecule has 5 atom stereocenters. The molecule has 0 rings (SSSR count). The molecule has 0 aromatic heterocycles. The summed E-state index contributed by atoms with van der Waals surface area (Å²) in [5, 5.41) is 0. The van der Waals surface area contributed by atoms with Gasteiger partial charge < -0.3 is 5.73 Å². The SMILES string of the molecule is C=CCN.O=S(=O)(O)CC(F)C(F)C(F)C(F)C(F)CCCF. The van der Waals surface area contributed by atoms with Gasteiger partial charge >= 0.3 is 0 Å². The Bertz CT molecular complexity index is 412. The quantitative estimate of drug-likeness (QED) is 0.350. The van der Waals surface area contributed by atoms with Gasteiger partial charge in [-0.1, -0.05) is 6.08 Å². The van der Waals surface area contributed by atoms with E-state index in [2.05, 4.69) is 6.58 Å². The summed E-state index contributed by atoms with van der Waals surface area (Å²) in [7, 11) is -4.91. The molecule has 3 N–H and O–H groups in total. The lowest BCUT2D eigenvalue weighted by Gasteiger charge is -2.22. The first-order valence-electron chi connectivity index (χ1n) is 6.54. The Hall–Kier alpha value is -0.810. The molecule has 0 amide bonds. The number of halogens is 6. The highest BCUT2D eigenvalue weighted by molar-refractivity contribution is 7.85. The molecule has 4 nitrogen and oxygen atoms in total. The van der Waals surface area contributed by atoms with Crippen molar-refractivity contribution in [2.24, 2.45) is 5.73 Å². The Morgan fingerprint density at radius 2 is 1.48 bits per heavy atom. The van der Waals surface area contributed by atoms with Gasteiger partial charge in [0.2, 0.25) is 0 Å². The van der Waals surface area contributed by atoms with Gasteiger partial charge in [0.1, 0.15) is 11.9 Å². The van der Waals surface area contributed by atoms with Crippen LogP contribution in [0.2, 0.25) is 0 Å². The van der Waals surface area contributed by atoms with E-state index in [1.165, 1.54) is 0 Å². The highest BCUT2D eigenvalue weighted by Gasteiger charge is 2.41. The van der Waals surface area contributed by atoms with Crippen LogP contribution in [0.25, 0.3) is 0 Å². The standard InChI is InChI=1S/C9H14F6O3S.C3H7N/c10-3-1-2-5(11)7(13)9(15)8(14)6(12)4-19(16,17)18;1-2-3-4/h5-9H,1-4H2,(H,16,17,18);2H,1,3-4H2.